The smallest absolute Gasteiger partial charge is 0.113 e. The van der Waals surface area contributed by atoms with Crippen molar-refractivity contribution >= 4 is 11.3 Å². The van der Waals surface area contributed by atoms with Crippen molar-refractivity contribution in [2.24, 2.45) is 0 Å². The Labute approximate surface area is 76.6 Å². The Kier molecular flexibility index (Phi) is 2.44. The lowest BCUT2D eigenvalue weighted by Gasteiger charge is -2.08. The van der Waals surface area contributed by atoms with Gasteiger partial charge in [0.05, 0.1) is 6.61 Å². The molecule has 1 aromatic rings. The van der Waals surface area contributed by atoms with Crippen molar-refractivity contribution in [3.8, 4) is 0 Å². The van der Waals surface area contributed by atoms with E-state index in [2.05, 4.69) is 29.8 Å². The molecular weight excluding hydrogens is 170 g/mol. The molecule has 1 fully saturated rings. The Bertz CT molecular complexity index is 235. The summed E-state index contributed by atoms with van der Waals surface area (Å²) in [6.07, 6.45) is 1.24. The van der Waals surface area contributed by atoms with Crippen LogP contribution in [0.4, 0.5) is 0 Å². The number of hydrogen-bond donors (Lipinski definition) is 1. The van der Waals surface area contributed by atoms with E-state index in [0.29, 0.717) is 6.04 Å². The van der Waals surface area contributed by atoms with Crippen LogP contribution in [0.3, 0.4) is 0 Å². The molecule has 0 aromatic carbocycles. The van der Waals surface area contributed by atoms with E-state index in [1.807, 2.05) is 0 Å². The van der Waals surface area contributed by atoms with E-state index in [-0.39, 0.29) is 6.23 Å². The average Bonchev–Trinajstić information content (AvgIpc) is 2.63. The summed E-state index contributed by atoms with van der Waals surface area (Å²) >= 11 is 1.79. The Morgan fingerprint density at radius 3 is 3.25 bits per heavy atom. The van der Waals surface area contributed by atoms with E-state index in [1.165, 1.54) is 4.88 Å². The van der Waals surface area contributed by atoms with Crippen molar-refractivity contribution in [3.63, 3.8) is 0 Å². The highest BCUT2D eigenvalue weighted by Gasteiger charge is 2.20. The van der Waals surface area contributed by atoms with Crippen molar-refractivity contribution in [1.82, 2.24) is 5.32 Å². The first-order chi connectivity index (χ1) is 5.84. The lowest BCUT2D eigenvalue weighted by molar-refractivity contribution is 0.101. The molecular formula is C9H13NOS. The van der Waals surface area contributed by atoms with Crippen molar-refractivity contribution < 1.29 is 4.74 Å². The van der Waals surface area contributed by atoms with Gasteiger partial charge in [-0.3, -0.25) is 5.32 Å². The number of hydrogen-bond acceptors (Lipinski definition) is 3. The third-order valence-electron chi connectivity index (χ3n) is 1.98. The molecule has 1 aromatic heterocycles. The summed E-state index contributed by atoms with van der Waals surface area (Å²) in [7, 11) is 0. The van der Waals surface area contributed by atoms with Gasteiger partial charge in [0.15, 0.2) is 0 Å². The summed E-state index contributed by atoms with van der Waals surface area (Å²) < 4.78 is 5.53. The van der Waals surface area contributed by atoms with Crippen LogP contribution in [0.5, 0.6) is 0 Å². The highest BCUT2D eigenvalue weighted by molar-refractivity contribution is 7.09. The van der Waals surface area contributed by atoms with Crippen LogP contribution < -0.4 is 5.32 Å². The summed E-state index contributed by atoms with van der Waals surface area (Å²) in [5.74, 6) is 0. The van der Waals surface area contributed by atoms with Crippen LogP contribution >= 0.6 is 11.3 Å². The molecule has 2 heterocycles. The lowest BCUT2D eigenvalue weighted by atomic mass is 10.3. The quantitative estimate of drug-likeness (QED) is 0.752. The third-order valence-corrected chi connectivity index (χ3v) is 2.88. The predicted octanol–water partition coefficient (Wildman–Crippen LogP) is 1.62. The minimum absolute atomic E-state index is 0.235. The standard InChI is InChI=1S/C9H13NOS/c1-7-6-11-9(10-7)5-8-3-2-4-12-8/h2-4,7,9-10H,5-6H2,1H3. The summed E-state index contributed by atoms with van der Waals surface area (Å²) in [5, 5.41) is 5.48. The van der Waals surface area contributed by atoms with Crippen LogP contribution in [-0.2, 0) is 11.2 Å². The Morgan fingerprint density at radius 1 is 1.75 bits per heavy atom. The Balaban J connectivity index is 1.88. The molecule has 1 aliphatic rings. The van der Waals surface area contributed by atoms with Crippen molar-refractivity contribution in [1.29, 1.82) is 0 Å². The SMILES string of the molecule is CC1COC(Cc2cccs2)N1. The van der Waals surface area contributed by atoms with E-state index in [0.717, 1.165) is 13.0 Å². The molecule has 3 heteroatoms. The van der Waals surface area contributed by atoms with E-state index in [4.69, 9.17) is 4.74 Å². The number of nitrogens with one attached hydrogen (secondary N) is 1. The summed E-state index contributed by atoms with van der Waals surface area (Å²) in [6.45, 7) is 2.99. The first-order valence-electron chi connectivity index (χ1n) is 4.24. The highest BCUT2D eigenvalue weighted by Crippen LogP contribution is 2.14. The molecule has 1 N–H and O–H groups in total. The minimum atomic E-state index is 0.235. The van der Waals surface area contributed by atoms with Gasteiger partial charge in [-0.25, -0.2) is 0 Å². The normalized spacial score (nSPS) is 29.4. The topological polar surface area (TPSA) is 21.3 Å². The van der Waals surface area contributed by atoms with Gasteiger partial charge in [0, 0.05) is 17.3 Å². The molecule has 2 atom stereocenters. The third kappa shape index (κ3) is 1.86. The van der Waals surface area contributed by atoms with Gasteiger partial charge in [0.1, 0.15) is 6.23 Å². The number of rotatable bonds is 2. The zero-order valence-corrected chi connectivity index (χ0v) is 7.93. The van der Waals surface area contributed by atoms with Gasteiger partial charge in [-0.15, -0.1) is 11.3 Å². The van der Waals surface area contributed by atoms with Crippen LogP contribution in [0, 0.1) is 0 Å². The van der Waals surface area contributed by atoms with Gasteiger partial charge >= 0.3 is 0 Å². The summed E-state index contributed by atoms with van der Waals surface area (Å²) in [4.78, 5) is 1.39. The average molecular weight is 183 g/mol. The van der Waals surface area contributed by atoms with Gasteiger partial charge in [-0.1, -0.05) is 6.07 Å². The number of thiophene rings is 1. The summed E-state index contributed by atoms with van der Waals surface area (Å²) in [5.41, 5.74) is 0. The summed E-state index contributed by atoms with van der Waals surface area (Å²) in [6, 6.07) is 4.74. The van der Waals surface area contributed by atoms with E-state index < -0.39 is 0 Å². The maximum atomic E-state index is 5.53. The molecule has 2 nitrogen and oxygen atoms in total. The van der Waals surface area contributed by atoms with Crippen LogP contribution in [-0.4, -0.2) is 18.9 Å². The van der Waals surface area contributed by atoms with E-state index >= 15 is 0 Å². The molecule has 1 aliphatic heterocycles. The first-order valence-corrected chi connectivity index (χ1v) is 5.12. The van der Waals surface area contributed by atoms with Crippen LogP contribution in [0.1, 0.15) is 11.8 Å². The van der Waals surface area contributed by atoms with Gasteiger partial charge in [-0.2, -0.15) is 0 Å². The second-order valence-corrected chi connectivity index (χ2v) is 4.21. The molecule has 0 amide bonds. The second-order valence-electron chi connectivity index (χ2n) is 3.17. The fourth-order valence-electron chi connectivity index (χ4n) is 1.40. The van der Waals surface area contributed by atoms with Crippen LogP contribution in [0.2, 0.25) is 0 Å². The molecule has 0 spiro atoms. The zero-order chi connectivity index (χ0) is 8.39. The molecule has 1 saturated heterocycles. The molecule has 66 valence electrons. The molecule has 0 saturated carbocycles. The maximum absolute atomic E-state index is 5.53. The van der Waals surface area contributed by atoms with E-state index in [1.54, 1.807) is 11.3 Å². The van der Waals surface area contributed by atoms with Crippen molar-refractivity contribution in [2.45, 2.75) is 25.6 Å². The Morgan fingerprint density at radius 2 is 2.67 bits per heavy atom. The van der Waals surface area contributed by atoms with Gasteiger partial charge < -0.3 is 4.74 Å². The van der Waals surface area contributed by atoms with Crippen LogP contribution in [0.25, 0.3) is 0 Å². The molecule has 2 rings (SSSR count). The minimum Gasteiger partial charge on any atom is -0.361 e. The largest absolute Gasteiger partial charge is 0.361 e. The zero-order valence-electron chi connectivity index (χ0n) is 7.12. The van der Waals surface area contributed by atoms with E-state index in [9.17, 15) is 0 Å². The lowest BCUT2D eigenvalue weighted by Crippen LogP contribution is -2.29. The predicted molar refractivity (Wildman–Crippen MR) is 50.4 cm³/mol. The van der Waals surface area contributed by atoms with Crippen molar-refractivity contribution in [2.75, 3.05) is 6.61 Å². The Hall–Kier alpha value is -0.380. The highest BCUT2D eigenvalue weighted by atomic mass is 32.1. The fourth-order valence-corrected chi connectivity index (χ4v) is 2.14. The van der Waals surface area contributed by atoms with Gasteiger partial charge in [0.25, 0.3) is 0 Å². The fraction of sp³-hybridized carbons (Fsp3) is 0.556. The first kappa shape index (κ1) is 8.23. The molecule has 0 radical (unpaired) electrons. The monoisotopic (exact) mass is 183 g/mol. The second kappa shape index (κ2) is 3.56. The van der Waals surface area contributed by atoms with Gasteiger partial charge in [-0.05, 0) is 18.4 Å². The van der Waals surface area contributed by atoms with Gasteiger partial charge in [0.2, 0.25) is 0 Å². The number of ether oxygens (including phenoxy) is 1. The molecule has 12 heavy (non-hydrogen) atoms. The molecule has 0 aliphatic carbocycles. The molecule has 2 unspecified atom stereocenters. The van der Waals surface area contributed by atoms with Crippen LogP contribution in [0.15, 0.2) is 17.5 Å². The van der Waals surface area contributed by atoms with Crippen molar-refractivity contribution in [3.05, 3.63) is 22.4 Å². The maximum Gasteiger partial charge on any atom is 0.113 e. The molecule has 0 bridgehead atoms.